The summed E-state index contributed by atoms with van der Waals surface area (Å²) in [7, 11) is 0.0593. The number of methoxy groups -OCH3 is 1. The first-order valence-electron chi connectivity index (χ1n) is 11.4. The lowest BCUT2D eigenvalue weighted by molar-refractivity contribution is -0.0165. The van der Waals surface area contributed by atoms with Crippen LogP contribution < -0.4 is 4.74 Å². The molecule has 2 fully saturated rings. The first kappa shape index (κ1) is 20.5. The zero-order valence-electron chi connectivity index (χ0n) is 19.1. The van der Waals surface area contributed by atoms with E-state index in [2.05, 4.69) is 59.0 Å². The fourth-order valence-electron chi connectivity index (χ4n) is 6.36. The molecule has 0 heterocycles. The Hall–Kier alpha value is -0.803. The molecule has 3 aliphatic rings. The molecule has 0 N–H and O–H groups in total. The van der Waals surface area contributed by atoms with E-state index in [1.54, 1.807) is 12.7 Å². The highest BCUT2D eigenvalue weighted by Gasteiger charge is 2.56. The van der Waals surface area contributed by atoms with Gasteiger partial charge in [-0.2, -0.15) is 0 Å². The van der Waals surface area contributed by atoms with Crippen molar-refractivity contribution in [2.75, 3.05) is 7.11 Å². The van der Waals surface area contributed by atoms with E-state index in [0.717, 1.165) is 23.5 Å². The molecular formula is C25H40O2Si. The number of rotatable bonds is 3. The van der Waals surface area contributed by atoms with E-state index in [0.29, 0.717) is 16.6 Å². The molecule has 0 aliphatic heterocycles. The van der Waals surface area contributed by atoms with E-state index in [1.165, 1.54) is 44.1 Å². The van der Waals surface area contributed by atoms with Crippen molar-refractivity contribution in [1.82, 2.24) is 0 Å². The number of ether oxygens (including phenoxy) is 1. The predicted octanol–water partition coefficient (Wildman–Crippen LogP) is 6.94. The van der Waals surface area contributed by atoms with Crippen molar-refractivity contribution >= 4 is 8.32 Å². The van der Waals surface area contributed by atoms with Crippen molar-refractivity contribution in [2.45, 2.75) is 96.4 Å². The summed E-state index contributed by atoms with van der Waals surface area (Å²) in [5, 5.41) is 0.293. The highest BCUT2D eigenvalue weighted by atomic mass is 28.4. The van der Waals surface area contributed by atoms with Gasteiger partial charge in [0.25, 0.3) is 0 Å². The van der Waals surface area contributed by atoms with E-state index in [9.17, 15) is 0 Å². The fourth-order valence-corrected chi connectivity index (χ4v) is 7.82. The maximum atomic E-state index is 7.04. The van der Waals surface area contributed by atoms with Gasteiger partial charge in [-0.1, -0.05) is 33.8 Å². The standard InChI is InChI=1S/C25H40O2Si/c1-24(2,3)28(6,7)27-23-13-12-22-21-10-8-17-16-18(26-5)9-11-19(17)20(21)14-15-25(22,23)4/h9,11,16,20-23H,8,10,12-15H2,1-7H3/t20-,21-,22+,23?,25+/m1/s1. The van der Waals surface area contributed by atoms with Gasteiger partial charge in [0.05, 0.1) is 13.2 Å². The van der Waals surface area contributed by atoms with Crippen LogP contribution in [0.25, 0.3) is 0 Å². The third-order valence-electron chi connectivity index (χ3n) is 9.09. The van der Waals surface area contributed by atoms with Gasteiger partial charge >= 0.3 is 0 Å². The largest absolute Gasteiger partial charge is 0.497 e. The molecule has 0 saturated heterocycles. The van der Waals surface area contributed by atoms with Gasteiger partial charge in [-0.05, 0) is 103 Å². The summed E-state index contributed by atoms with van der Waals surface area (Å²) >= 11 is 0. The second-order valence-electron chi connectivity index (χ2n) is 11.5. The zero-order chi connectivity index (χ0) is 20.3. The molecule has 0 aromatic heterocycles. The Morgan fingerprint density at radius 3 is 2.50 bits per heavy atom. The number of aryl methyl sites for hydroxylation is 1. The van der Waals surface area contributed by atoms with E-state index in [4.69, 9.17) is 9.16 Å². The smallest absolute Gasteiger partial charge is 0.192 e. The Morgan fingerprint density at radius 1 is 1.07 bits per heavy atom. The van der Waals surface area contributed by atoms with Gasteiger partial charge in [-0.25, -0.2) is 0 Å². The Balaban J connectivity index is 1.57. The van der Waals surface area contributed by atoms with Crippen molar-refractivity contribution in [3.63, 3.8) is 0 Å². The normalized spacial score (nSPS) is 35.1. The Bertz CT molecular complexity index is 735. The number of benzene rings is 1. The van der Waals surface area contributed by atoms with Crippen molar-refractivity contribution in [1.29, 1.82) is 0 Å². The van der Waals surface area contributed by atoms with Crippen LogP contribution in [0.3, 0.4) is 0 Å². The zero-order valence-corrected chi connectivity index (χ0v) is 20.1. The van der Waals surface area contributed by atoms with Crippen molar-refractivity contribution in [3.8, 4) is 5.75 Å². The summed E-state index contributed by atoms with van der Waals surface area (Å²) in [4.78, 5) is 0. The molecule has 0 spiro atoms. The van der Waals surface area contributed by atoms with Crippen molar-refractivity contribution in [3.05, 3.63) is 29.3 Å². The van der Waals surface area contributed by atoms with Crippen LogP contribution in [-0.4, -0.2) is 21.5 Å². The van der Waals surface area contributed by atoms with Crippen LogP contribution in [0.15, 0.2) is 18.2 Å². The van der Waals surface area contributed by atoms with E-state index < -0.39 is 8.32 Å². The summed E-state index contributed by atoms with van der Waals surface area (Å²) < 4.78 is 12.5. The maximum absolute atomic E-state index is 7.04. The van der Waals surface area contributed by atoms with Crippen LogP contribution in [0.1, 0.15) is 76.8 Å². The molecule has 1 aromatic rings. The molecule has 28 heavy (non-hydrogen) atoms. The molecular weight excluding hydrogens is 360 g/mol. The van der Waals surface area contributed by atoms with Crippen LogP contribution in [-0.2, 0) is 10.8 Å². The molecule has 2 nitrogen and oxygen atoms in total. The van der Waals surface area contributed by atoms with Crippen LogP contribution in [0.4, 0.5) is 0 Å². The third kappa shape index (κ3) is 3.17. The first-order chi connectivity index (χ1) is 13.1. The summed E-state index contributed by atoms with van der Waals surface area (Å²) in [5.41, 5.74) is 3.53. The second-order valence-corrected chi connectivity index (χ2v) is 16.2. The highest BCUT2D eigenvalue weighted by Crippen LogP contribution is 2.62. The molecule has 1 unspecified atom stereocenters. The summed E-state index contributed by atoms with van der Waals surface area (Å²) in [6.07, 6.45) is 8.32. The average molecular weight is 401 g/mol. The maximum Gasteiger partial charge on any atom is 0.192 e. The highest BCUT2D eigenvalue weighted by molar-refractivity contribution is 6.74. The van der Waals surface area contributed by atoms with E-state index in [1.807, 2.05) is 0 Å². The van der Waals surface area contributed by atoms with Crippen molar-refractivity contribution < 1.29 is 9.16 Å². The monoisotopic (exact) mass is 400 g/mol. The second kappa shape index (κ2) is 6.87. The average Bonchev–Trinajstić information content (AvgIpc) is 2.96. The SMILES string of the molecule is COc1ccc2c(c1)CC[C@@H]1[C@@H]2CC[C@]2(C)C(O[Si](C)(C)C(C)(C)C)CC[C@@H]12. The molecule has 3 aliphatic carbocycles. The van der Waals surface area contributed by atoms with Gasteiger partial charge in [-0.15, -0.1) is 0 Å². The van der Waals surface area contributed by atoms with Crippen LogP contribution >= 0.6 is 0 Å². The van der Waals surface area contributed by atoms with Crippen LogP contribution in [0.2, 0.25) is 18.1 Å². The van der Waals surface area contributed by atoms with E-state index >= 15 is 0 Å². The lowest BCUT2D eigenvalue weighted by Crippen LogP contribution is -2.50. The van der Waals surface area contributed by atoms with E-state index in [-0.39, 0.29) is 0 Å². The molecule has 0 amide bonds. The number of hydrogen-bond acceptors (Lipinski definition) is 2. The van der Waals surface area contributed by atoms with Crippen LogP contribution in [0, 0.1) is 17.3 Å². The third-order valence-corrected chi connectivity index (χ3v) is 13.6. The molecule has 0 radical (unpaired) electrons. The van der Waals surface area contributed by atoms with Gasteiger partial charge in [-0.3, -0.25) is 0 Å². The summed E-state index contributed by atoms with van der Waals surface area (Å²) in [5.74, 6) is 3.44. The first-order valence-corrected chi connectivity index (χ1v) is 14.3. The fraction of sp³-hybridized carbons (Fsp3) is 0.760. The summed E-state index contributed by atoms with van der Waals surface area (Å²) in [6.45, 7) is 14.5. The van der Waals surface area contributed by atoms with Gasteiger partial charge in [0.2, 0.25) is 0 Å². The van der Waals surface area contributed by atoms with Crippen molar-refractivity contribution in [2.24, 2.45) is 17.3 Å². The molecule has 5 atom stereocenters. The Kier molecular flexibility index (Phi) is 5.02. The molecule has 156 valence electrons. The number of fused-ring (bicyclic) bond motifs is 5. The number of hydrogen-bond donors (Lipinski definition) is 0. The molecule has 0 bridgehead atoms. The minimum Gasteiger partial charge on any atom is -0.497 e. The topological polar surface area (TPSA) is 18.5 Å². The Labute approximate surface area is 173 Å². The Morgan fingerprint density at radius 2 is 1.82 bits per heavy atom. The predicted molar refractivity (Wildman–Crippen MR) is 120 cm³/mol. The summed E-state index contributed by atoms with van der Waals surface area (Å²) in [6, 6.07) is 6.83. The van der Waals surface area contributed by atoms with Crippen LogP contribution in [0.5, 0.6) is 5.75 Å². The molecule has 1 aromatic carbocycles. The van der Waals surface area contributed by atoms with Gasteiger partial charge in [0, 0.05) is 0 Å². The van der Waals surface area contributed by atoms with Gasteiger partial charge in [0.1, 0.15) is 5.75 Å². The quantitative estimate of drug-likeness (QED) is 0.511. The lowest BCUT2D eigenvalue weighted by atomic mass is 9.55. The molecule has 4 rings (SSSR count). The van der Waals surface area contributed by atoms with Gasteiger partial charge in [0.15, 0.2) is 8.32 Å². The molecule has 3 heteroatoms. The van der Waals surface area contributed by atoms with Gasteiger partial charge < -0.3 is 9.16 Å². The minimum absolute atomic E-state index is 0.293. The molecule has 2 saturated carbocycles. The minimum atomic E-state index is -1.72. The lowest BCUT2D eigenvalue weighted by Gasteiger charge is -2.52.